The Morgan fingerprint density at radius 1 is 1.80 bits per heavy atom. The number of rotatable bonds is 5. The summed E-state index contributed by atoms with van der Waals surface area (Å²) in [5.41, 5.74) is 4.79. The second-order valence-electron chi connectivity index (χ2n) is 2.90. The number of halogens is 1. The van der Waals surface area contributed by atoms with Crippen molar-refractivity contribution < 1.29 is 9.53 Å². The van der Waals surface area contributed by atoms with Crippen molar-refractivity contribution in [1.82, 2.24) is 14.9 Å². The van der Waals surface area contributed by atoms with E-state index < -0.39 is 6.09 Å². The molecule has 15 heavy (non-hydrogen) atoms. The number of imidazole rings is 1. The molecule has 0 aliphatic carbocycles. The normalized spacial score (nSPS) is 10.3. The van der Waals surface area contributed by atoms with Crippen LogP contribution in [0.15, 0.2) is 6.20 Å². The average molecular weight is 233 g/mol. The largest absolute Gasteiger partial charge is 0.448 e. The van der Waals surface area contributed by atoms with Gasteiger partial charge in [-0.25, -0.2) is 9.78 Å². The molecule has 1 rings (SSSR count). The molecule has 3 N–H and O–H groups in total. The van der Waals surface area contributed by atoms with E-state index in [4.69, 9.17) is 17.3 Å². The Morgan fingerprint density at radius 3 is 3.07 bits per heavy atom. The number of nitrogens with two attached hydrogens (primary N) is 1. The van der Waals surface area contributed by atoms with Crippen molar-refractivity contribution in [2.45, 2.75) is 6.54 Å². The standard InChI is InChI=1S/C8H13ClN4O2/c1-13-6(9)4-12-7(13)5-11-2-3-15-8(10)14/h4,11H,2-3,5H2,1H3,(H2,10,14). The van der Waals surface area contributed by atoms with Gasteiger partial charge in [-0.2, -0.15) is 0 Å². The third-order valence-electron chi connectivity index (χ3n) is 1.83. The van der Waals surface area contributed by atoms with E-state index in [0.29, 0.717) is 18.2 Å². The zero-order valence-electron chi connectivity index (χ0n) is 8.36. The molecule has 0 fully saturated rings. The maximum absolute atomic E-state index is 10.2. The lowest BCUT2D eigenvalue weighted by Gasteiger charge is -2.05. The van der Waals surface area contributed by atoms with Crippen molar-refractivity contribution in [3.63, 3.8) is 0 Å². The number of carbonyl (C=O) groups excluding carboxylic acids is 1. The quantitative estimate of drug-likeness (QED) is 0.714. The number of hydrogen-bond donors (Lipinski definition) is 2. The Balaban J connectivity index is 2.20. The molecular weight excluding hydrogens is 220 g/mol. The van der Waals surface area contributed by atoms with Crippen LogP contribution in [0.4, 0.5) is 4.79 Å². The summed E-state index contributed by atoms with van der Waals surface area (Å²) in [5.74, 6) is 0.819. The molecule has 0 aromatic carbocycles. The molecule has 0 unspecified atom stereocenters. The second-order valence-corrected chi connectivity index (χ2v) is 3.29. The number of ether oxygens (including phenoxy) is 1. The Morgan fingerprint density at radius 2 is 2.53 bits per heavy atom. The smallest absolute Gasteiger partial charge is 0.404 e. The van der Waals surface area contributed by atoms with Gasteiger partial charge in [0.2, 0.25) is 0 Å². The first kappa shape index (κ1) is 11.8. The molecule has 6 nitrogen and oxygen atoms in total. The van der Waals surface area contributed by atoms with Gasteiger partial charge in [-0.05, 0) is 0 Å². The summed E-state index contributed by atoms with van der Waals surface area (Å²) in [6, 6.07) is 0. The van der Waals surface area contributed by atoms with E-state index in [1.165, 1.54) is 0 Å². The minimum atomic E-state index is -0.767. The van der Waals surface area contributed by atoms with Crippen molar-refractivity contribution >= 4 is 17.7 Å². The molecule has 0 spiro atoms. The number of hydrogen-bond acceptors (Lipinski definition) is 4. The van der Waals surface area contributed by atoms with Crippen molar-refractivity contribution in [2.24, 2.45) is 12.8 Å². The highest BCUT2D eigenvalue weighted by molar-refractivity contribution is 6.29. The lowest BCUT2D eigenvalue weighted by atomic mass is 10.5. The molecule has 0 atom stereocenters. The first-order valence-corrected chi connectivity index (χ1v) is 4.78. The fourth-order valence-electron chi connectivity index (χ4n) is 1.01. The number of carbonyl (C=O) groups is 1. The van der Waals surface area contributed by atoms with E-state index in [2.05, 4.69) is 15.0 Å². The molecule has 0 radical (unpaired) electrons. The van der Waals surface area contributed by atoms with E-state index in [9.17, 15) is 4.79 Å². The highest BCUT2D eigenvalue weighted by Gasteiger charge is 2.03. The average Bonchev–Trinajstić information content (AvgIpc) is 2.48. The van der Waals surface area contributed by atoms with Crippen LogP contribution in [0.2, 0.25) is 5.15 Å². The third-order valence-corrected chi connectivity index (χ3v) is 2.19. The van der Waals surface area contributed by atoms with E-state index in [-0.39, 0.29) is 6.61 Å². The summed E-state index contributed by atoms with van der Waals surface area (Å²) in [7, 11) is 1.83. The minimum Gasteiger partial charge on any atom is -0.448 e. The van der Waals surface area contributed by atoms with Gasteiger partial charge >= 0.3 is 6.09 Å². The van der Waals surface area contributed by atoms with Crippen LogP contribution in [0, 0.1) is 0 Å². The van der Waals surface area contributed by atoms with Gasteiger partial charge in [0.05, 0.1) is 12.7 Å². The summed E-state index contributed by atoms with van der Waals surface area (Å²) in [4.78, 5) is 14.3. The van der Waals surface area contributed by atoms with E-state index in [1.54, 1.807) is 10.8 Å². The molecular formula is C8H13ClN4O2. The molecule has 84 valence electrons. The van der Waals surface area contributed by atoms with Gasteiger partial charge in [0.15, 0.2) is 0 Å². The summed E-state index contributed by atoms with van der Waals surface area (Å²) in [5, 5.41) is 3.62. The van der Waals surface area contributed by atoms with Crippen LogP contribution in [0.5, 0.6) is 0 Å². The minimum absolute atomic E-state index is 0.244. The van der Waals surface area contributed by atoms with Crippen LogP contribution < -0.4 is 11.1 Å². The predicted octanol–water partition coefficient (Wildman–Crippen LogP) is 0.258. The van der Waals surface area contributed by atoms with Crippen LogP contribution in [0.1, 0.15) is 5.82 Å². The van der Waals surface area contributed by atoms with E-state index in [1.807, 2.05) is 7.05 Å². The van der Waals surface area contributed by atoms with Crippen LogP contribution in [0.3, 0.4) is 0 Å². The van der Waals surface area contributed by atoms with E-state index >= 15 is 0 Å². The first-order valence-electron chi connectivity index (χ1n) is 4.40. The van der Waals surface area contributed by atoms with Crippen molar-refractivity contribution in [3.05, 3.63) is 17.2 Å². The van der Waals surface area contributed by atoms with Gasteiger partial charge in [-0.15, -0.1) is 0 Å². The van der Waals surface area contributed by atoms with Gasteiger partial charge in [0.1, 0.15) is 17.6 Å². The summed E-state index contributed by atoms with van der Waals surface area (Å²) < 4.78 is 6.31. The predicted molar refractivity (Wildman–Crippen MR) is 55.5 cm³/mol. The van der Waals surface area contributed by atoms with Crippen LogP contribution in [-0.4, -0.2) is 28.8 Å². The fraction of sp³-hybridized carbons (Fsp3) is 0.500. The Labute approximate surface area is 92.4 Å². The van der Waals surface area contributed by atoms with Gasteiger partial charge < -0.3 is 20.4 Å². The molecule has 0 aliphatic rings. The van der Waals surface area contributed by atoms with Crippen molar-refractivity contribution in [2.75, 3.05) is 13.2 Å². The molecule has 0 bridgehead atoms. The number of nitrogens with one attached hydrogen (secondary N) is 1. The van der Waals surface area contributed by atoms with E-state index in [0.717, 1.165) is 5.82 Å². The maximum Gasteiger partial charge on any atom is 0.404 e. The summed E-state index contributed by atoms with van der Waals surface area (Å²) in [6.07, 6.45) is 0.815. The fourth-order valence-corrected chi connectivity index (χ4v) is 1.16. The number of nitrogens with zero attached hydrogens (tertiary/aromatic N) is 2. The van der Waals surface area contributed by atoms with Crippen molar-refractivity contribution in [1.29, 1.82) is 0 Å². The molecule has 0 saturated carbocycles. The number of aromatic nitrogens is 2. The summed E-state index contributed by atoms with van der Waals surface area (Å²) >= 11 is 5.80. The summed E-state index contributed by atoms with van der Waals surface area (Å²) in [6.45, 7) is 1.33. The lowest BCUT2D eigenvalue weighted by molar-refractivity contribution is 0.157. The molecule has 0 saturated heterocycles. The van der Waals surface area contributed by atoms with Gasteiger partial charge in [0, 0.05) is 13.6 Å². The Kier molecular flexibility index (Phi) is 4.38. The van der Waals surface area contributed by atoms with Gasteiger partial charge in [-0.3, -0.25) is 0 Å². The zero-order chi connectivity index (χ0) is 11.3. The number of primary amides is 1. The second kappa shape index (κ2) is 5.57. The molecule has 1 aromatic rings. The molecule has 1 heterocycles. The zero-order valence-corrected chi connectivity index (χ0v) is 9.12. The van der Waals surface area contributed by atoms with Crippen LogP contribution in [-0.2, 0) is 18.3 Å². The first-order chi connectivity index (χ1) is 7.11. The monoisotopic (exact) mass is 232 g/mol. The molecule has 1 aromatic heterocycles. The number of amides is 1. The van der Waals surface area contributed by atoms with Crippen molar-refractivity contribution in [3.8, 4) is 0 Å². The Hall–Kier alpha value is -1.27. The highest BCUT2D eigenvalue weighted by atomic mass is 35.5. The maximum atomic E-state index is 10.2. The van der Waals surface area contributed by atoms with Crippen LogP contribution in [0.25, 0.3) is 0 Å². The molecule has 0 aliphatic heterocycles. The van der Waals surface area contributed by atoms with Gasteiger partial charge in [-0.1, -0.05) is 11.6 Å². The van der Waals surface area contributed by atoms with Gasteiger partial charge in [0.25, 0.3) is 0 Å². The van der Waals surface area contributed by atoms with Crippen LogP contribution >= 0.6 is 11.6 Å². The molecule has 1 amide bonds. The highest BCUT2D eigenvalue weighted by Crippen LogP contribution is 2.08. The molecule has 7 heteroatoms. The Bertz CT molecular complexity index is 339. The topological polar surface area (TPSA) is 82.2 Å². The SMILES string of the molecule is Cn1c(Cl)cnc1CNCCOC(N)=O. The lowest BCUT2D eigenvalue weighted by Crippen LogP contribution is -2.24. The third kappa shape index (κ3) is 3.77.